The average Bonchev–Trinajstić information content (AvgIpc) is 2.72. The second-order valence-corrected chi connectivity index (χ2v) is 4.50. The van der Waals surface area contributed by atoms with Gasteiger partial charge in [-0.3, -0.25) is 9.59 Å². The van der Waals surface area contributed by atoms with E-state index in [-0.39, 0.29) is 11.3 Å². The summed E-state index contributed by atoms with van der Waals surface area (Å²) in [6.45, 7) is 1.81. The first kappa shape index (κ1) is 11.9. The third-order valence-corrected chi connectivity index (χ3v) is 3.40. The molecule has 1 aliphatic carbocycles. The molecule has 0 radical (unpaired) electrons. The van der Waals surface area contributed by atoms with Gasteiger partial charge in [-0.2, -0.15) is 0 Å². The Balaban J connectivity index is 1.96. The number of hydrogen-bond acceptors (Lipinski definition) is 4. The van der Waals surface area contributed by atoms with Crippen molar-refractivity contribution < 1.29 is 19.4 Å². The average molecular weight is 259 g/mol. The summed E-state index contributed by atoms with van der Waals surface area (Å²) in [6, 6.07) is 6.70. The zero-order valence-electron chi connectivity index (χ0n) is 10.3. The fourth-order valence-corrected chi connectivity index (χ4v) is 2.39. The Bertz CT molecular complexity index is 585. The molecular weight excluding hydrogens is 246 g/mol. The van der Waals surface area contributed by atoms with Gasteiger partial charge in [-0.05, 0) is 0 Å². The van der Waals surface area contributed by atoms with Crippen LogP contribution in [0.1, 0.15) is 15.9 Å². The highest BCUT2D eigenvalue weighted by Gasteiger charge is 2.36. The normalized spacial score (nSPS) is 18.7. The second-order valence-electron chi connectivity index (χ2n) is 4.50. The van der Waals surface area contributed by atoms with Crippen LogP contribution in [0.2, 0.25) is 0 Å². The summed E-state index contributed by atoms with van der Waals surface area (Å²) in [5.74, 6) is -1.02. The lowest BCUT2D eigenvalue weighted by Crippen LogP contribution is -2.42. The minimum Gasteiger partial charge on any atom is -0.506 e. The van der Waals surface area contributed by atoms with Crippen LogP contribution in [0, 0.1) is 0 Å². The van der Waals surface area contributed by atoms with E-state index in [1.165, 1.54) is 0 Å². The molecular formula is C14H13NO4. The molecule has 2 aliphatic rings. The van der Waals surface area contributed by atoms with Crippen LogP contribution in [0.5, 0.6) is 0 Å². The van der Waals surface area contributed by atoms with Gasteiger partial charge in [0.15, 0.2) is 0 Å². The van der Waals surface area contributed by atoms with E-state index in [1.54, 1.807) is 29.2 Å². The van der Waals surface area contributed by atoms with Crippen molar-refractivity contribution in [3.8, 4) is 0 Å². The van der Waals surface area contributed by atoms with Gasteiger partial charge in [0.1, 0.15) is 11.3 Å². The van der Waals surface area contributed by atoms with Gasteiger partial charge < -0.3 is 14.7 Å². The quantitative estimate of drug-likeness (QED) is 0.764. The van der Waals surface area contributed by atoms with Crippen LogP contribution in [0.3, 0.4) is 0 Å². The lowest BCUT2D eigenvalue weighted by molar-refractivity contribution is -0.130. The van der Waals surface area contributed by atoms with Crippen LogP contribution in [-0.4, -0.2) is 48.0 Å². The van der Waals surface area contributed by atoms with Gasteiger partial charge in [0.05, 0.1) is 13.2 Å². The number of Topliss-reactive ketones (excluding diaryl/α,β-unsaturated/α-hetero) is 1. The zero-order chi connectivity index (χ0) is 13.4. The number of amides is 1. The van der Waals surface area contributed by atoms with E-state index in [0.29, 0.717) is 37.4 Å². The molecule has 5 nitrogen and oxygen atoms in total. The van der Waals surface area contributed by atoms with Gasteiger partial charge in [-0.1, -0.05) is 24.3 Å². The number of nitrogens with zero attached hydrogens (tertiary/aromatic N) is 1. The molecule has 1 aliphatic heterocycles. The zero-order valence-corrected chi connectivity index (χ0v) is 10.3. The third-order valence-electron chi connectivity index (χ3n) is 3.40. The van der Waals surface area contributed by atoms with Crippen molar-refractivity contribution in [2.45, 2.75) is 0 Å². The van der Waals surface area contributed by atoms with E-state index < -0.39 is 11.7 Å². The molecule has 0 saturated carbocycles. The summed E-state index contributed by atoms with van der Waals surface area (Å²) in [5.41, 5.74) is 0.698. The molecule has 1 aromatic rings. The molecule has 1 N–H and O–H groups in total. The van der Waals surface area contributed by atoms with Crippen LogP contribution >= 0.6 is 0 Å². The highest BCUT2D eigenvalue weighted by Crippen LogP contribution is 2.31. The molecule has 0 unspecified atom stereocenters. The van der Waals surface area contributed by atoms with E-state index >= 15 is 0 Å². The molecule has 1 aromatic carbocycles. The van der Waals surface area contributed by atoms with Crippen LogP contribution < -0.4 is 0 Å². The number of ketones is 1. The fraction of sp³-hybridized carbons (Fsp3) is 0.286. The van der Waals surface area contributed by atoms with Gasteiger partial charge in [0.2, 0.25) is 5.78 Å². The van der Waals surface area contributed by atoms with Crippen molar-refractivity contribution in [3.63, 3.8) is 0 Å². The monoisotopic (exact) mass is 259 g/mol. The van der Waals surface area contributed by atoms with E-state index in [2.05, 4.69) is 0 Å². The maximum absolute atomic E-state index is 12.3. The SMILES string of the molecule is O=C1C(C(=O)N2CCOCC2)=C(O)c2ccccc21. The number of hydrogen-bond donors (Lipinski definition) is 1. The molecule has 19 heavy (non-hydrogen) atoms. The van der Waals surface area contributed by atoms with Crippen molar-refractivity contribution in [1.82, 2.24) is 4.90 Å². The molecule has 3 rings (SSSR count). The maximum atomic E-state index is 12.3. The predicted octanol–water partition coefficient (Wildman–Crippen LogP) is 1.01. The fourth-order valence-electron chi connectivity index (χ4n) is 2.39. The minimum atomic E-state index is -0.415. The first-order valence-electron chi connectivity index (χ1n) is 6.14. The van der Waals surface area contributed by atoms with E-state index in [0.717, 1.165) is 0 Å². The van der Waals surface area contributed by atoms with E-state index in [4.69, 9.17) is 4.74 Å². The largest absolute Gasteiger partial charge is 0.506 e. The van der Waals surface area contributed by atoms with Crippen molar-refractivity contribution in [2.24, 2.45) is 0 Å². The Hall–Kier alpha value is -2.14. The Labute approximate surface area is 110 Å². The van der Waals surface area contributed by atoms with Gasteiger partial charge >= 0.3 is 0 Å². The summed E-state index contributed by atoms with van der Waals surface area (Å²) in [7, 11) is 0. The first-order chi connectivity index (χ1) is 9.20. The lowest BCUT2D eigenvalue weighted by Gasteiger charge is -2.26. The van der Waals surface area contributed by atoms with Crippen LogP contribution in [0.15, 0.2) is 29.8 Å². The summed E-state index contributed by atoms with van der Waals surface area (Å²) >= 11 is 0. The van der Waals surface area contributed by atoms with Crippen LogP contribution in [-0.2, 0) is 9.53 Å². The Morgan fingerprint density at radius 1 is 1.16 bits per heavy atom. The summed E-state index contributed by atoms with van der Waals surface area (Å²) < 4.78 is 5.17. The Kier molecular flexibility index (Phi) is 2.83. The molecule has 1 heterocycles. The van der Waals surface area contributed by atoms with E-state index in [1.807, 2.05) is 0 Å². The summed E-state index contributed by atoms with van der Waals surface area (Å²) in [6.07, 6.45) is 0. The number of aliphatic hydroxyl groups excluding tert-OH is 1. The van der Waals surface area contributed by atoms with Crippen molar-refractivity contribution >= 4 is 17.4 Å². The standard InChI is InChI=1S/C14H13NO4/c16-12-9-3-1-2-4-10(9)13(17)11(12)14(18)15-5-7-19-8-6-15/h1-4,16H,5-8H2. The Morgan fingerprint density at radius 3 is 2.42 bits per heavy atom. The molecule has 1 fully saturated rings. The van der Waals surface area contributed by atoms with Gasteiger partial charge in [0, 0.05) is 24.2 Å². The number of fused-ring (bicyclic) bond motifs is 1. The highest BCUT2D eigenvalue weighted by atomic mass is 16.5. The molecule has 1 amide bonds. The molecule has 98 valence electrons. The van der Waals surface area contributed by atoms with Gasteiger partial charge in [-0.15, -0.1) is 0 Å². The maximum Gasteiger partial charge on any atom is 0.261 e. The molecule has 0 bridgehead atoms. The number of morpholine rings is 1. The predicted molar refractivity (Wildman–Crippen MR) is 67.7 cm³/mol. The van der Waals surface area contributed by atoms with Crippen molar-refractivity contribution in [3.05, 3.63) is 41.0 Å². The number of aliphatic hydroxyl groups is 1. The number of carbonyl (C=O) groups is 2. The molecule has 1 saturated heterocycles. The topological polar surface area (TPSA) is 66.8 Å². The van der Waals surface area contributed by atoms with E-state index in [9.17, 15) is 14.7 Å². The molecule has 0 spiro atoms. The van der Waals surface area contributed by atoms with Crippen molar-refractivity contribution in [1.29, 1.82) is 0 Å². The van der Waals surface area contributed by atoms with Crippen LogP contribution in [0.25, 0.3) is 5.76 Å². The smallest absolute Gasteiger partial charge is 0.261 e. The number of ether oxygens (including phenoxy) is 1. The molecule has 5 heteroatoms. The Morgan fingerprint density at radius 2 is 1.79 bits per heavy atom. The van der Waals surface area contributed by atoms with Crippen molar-refractivity contribution in [2.75, 3.05) is 26.3 Å². The summed E-state index contributed by atoms with van der Waals surface area (Å²) in [4.78, 5) is 26.1. The summed E-state index contributed by atoms with van der Waals surface area (Å²) in [5, 5.41) is 10.1. The second kappa shape index (κ2) is 4.51. The van der Waals surface area contributed by atoms with Gasteiger partial charge in [0.25, 0.3) is 5.91 Å². The number of carbonyl (C=O) groups excluding carboxylic acids is 2. The highest BCUT2D eigenvalue weighted by molar-refractivity contribution is 6.33. The third kappa shape index (κ3) is 1.82. The van der Waals surface area contributed by atoms with Crippen LogP contribution in [0.4, 0.5) is 0 Å². The van der Waals surface area contributed by atoms with Gasteiger partial charge in [-0.25, -0.2) is 0 Å². The number of benzene rings is 1. The number of rotatable bonds is 1. The minimum absolute atomic E-state index is 0.122. The lowest BCUT2D eigenvalue weighted by atomic mass is 10.1. The first-order valence-corrected chi connectivity index (χ1v) is 6.14. The molecule has 0 aromatic heterocycles. The molecule has 0 atom stereocenters.